The topological polar surface area (TPSA) is 46.6 Å². The summed E-state index contributed by atoms with van der Waals surface area (Å²) in [5.74, 6) is 0.861. The van der Waals surface area contributed by atoms with Crippen LogP contribution in [0.1, 0.15) is 24.8 Å². The van der Waals surface area contributed by atoms with E-state index >= 15 is 0 Å². The van der Waals surface area contributed by atoms with Crippen LogP contribution in [0.4, 0.5) is 0 Å². The molecule has 0 radical (unpaired) electrons. The molecule has 0 spiro atoms. The molecule has 0 bridgehead atoms. The fourth-order valence-corrected chi connectivity index (χ4v) is 4.68. The molecule has 2 atom stereocenters. The molecule has 1 aromatic rings. The van der Waals surface area contributed by atoms with Gasteiger partial charge in [-0.3, -0.25) is 0 Å². The summed E-state index contributed by atoms with van der Waals surface area (Å²) in [5.41, 5.74) is 1.25. The Morgan fingerprint density at radius 3 is 2.48 bits per heavy atom. The average molecular weight is 311 g/mol. The van der Waals surface area contributed by atoms with Gasteiger partial charge in [0.15, 0.2) is 9.84 Å². The Morgan fingerprint density at radius 2 is 1.90 bits per heavy atom. The quantitative estimate of drug-likeness (QED) is 0.807. The molecule has 5 heteroatoms. The van der Waals surface area contributed by atoms with Crippen LogP contribution < -0.4 is 4.74 Å². The second kappa shape index (κ2) is 6.79. The van der Waals surface area contributed by atoms with E-state index in [1.807, 2.05) is 19.2 Å². The van der Waals surface area contributed by atoms with E-state index in [-0.39, 0.29) is 11.3 Å². The molecule has 1 aliphatic carbocycles. The first-order chi connectivity index (χ1) is 9.91. The zero-order valence-electron chi connectivity index (χ0n) is 13.1. The Balaban J connectivity index is 1.93. The largest absolute Gasteiger partial charge is 0.497 e. The van der Waals surface area contributed by atoms with Crippen molar-refractivity contribution in [2.24, 2.45) is 0 Å². The lowest BCUT2D eigenvalue weighted by Crippen LogP contribution is -2.42. The minimum Gasteiger partial charge on any atom is -0.497 e. The lowest BCUT2D eigenvalue weighted by molar-refractivity contribution is 0.249. The van der Waals surface area contributed by atoms with Crippen molar-refractivity contribution in [2.75, 3.05) is 27.0 Å². The third kappa shape index (κ3) is 4.20. The molecule has 0 saturated heterocycles. The number of nitrogens with zero attached hydrogens (tertiary/aromatic N) is 1. The first-order valence-corrected chi connectivity index (χ1v) is 9.39. The Hall–Kier alpha value is -1.07. The molecule has 0 aliphatic heterocycles. The predicted molar refractivity (Wildman–Crippen MR) is 85.6 cm³/mol. The highest BCUT2D eigenvalue weighted by atomic mass is 32.2. The van der Waals surface area contributed by atoms with Gasteiger partial charge in [-0.2, -0.15) is 0 Å². The van der Waals surface area contributed by atoms with Gasteiger partial charge in [-0.15, -0.1) is 0 Å². The van der Waals surface area contributed by atoms with Gasteiger partial charge in [-0.1, -0.05) is 18.6 Å². The van der Waals surface area contributed by atoms with Crippen LogP contribution in [0.3, 0.4) is 0 Å². The summed E-state index contributed by atoms with van der Waals surface area (Å²) in [6.45, 7) is 0.878. The Bertz CT molecular complexity index is 553. The summed E-state index contributed by atoms with van der Waals surface area (Å²) in [7, 11) is 0.753. The highest BCUT2D eigenvalue weighted by molar-refractivity contribution is 7.91. The summed E-state index contributed by atoms with van der Waals surface area (Å²) < 4.78 is 28.9. The van der Waals surface area contributed by atoms with Gasteiger partial charge in [0.25, 0.3) is 0 Å². The fraction of sp³-hybridized carbons (Fsp3) is 0.625. The number of benzene rings is 1. The van der Waals surface area contributed by atoms with Crippen LogP contribution in [0.15, 0.2) is 24.3 Å². The SMILES string of the molecule is COc1ccc(CCN(C)[C@H]2CCC[C@@H]2S(C)(=O)=O)cc1. The molecule has 1 saturated carbocycles. The van der Waals surface area contributed by atoms with E-state index in [2.05, 4.69) is 17.0 Å². The van der Waals surface area contributed by atoms with Gasteiger partial charge < -0.3 is 9.64 Å². The van der Waals surface area contributed by atoms with E-state index in [0.717, 1.165) is 38.0 Å². The first kappa shape index (κ1) is 16.3. The standard InChI is InChI=1S/C16H25NO3S/c1-17(15-5-4-6-16(15)21(3,18)19)12-11-13-7-9-14(20-2)10-8-13/h7-10,15-16H,4-6,11-12H2,1-3H3/t15-,16-/m0/s1. The molecule has 0 N–H and O–H groups in total. The third-order valence-electron chi connectivity index (χ3n) is 4.45. The highest BCUT2D eigenvalue weighted by Crippen LogP contribution is 2.28. The van der Waals surface area contributed by atoms with Crippen LogP contribution >= 0.6 is 0 Å². The van der Waals surface area contributed by atoms with E-state index in [0.29, 0.717) is 0 Å². The molecule has 1 aliphatic rings. The van der Waals surface area contributed by atoms with E-state index in [9.17, 15) is 8.42 Å². The van der Waals surface area contributed by atoms with Crippen LogP contribution in [0, 0.1) is 0 Å². The van der Waals surface area contributed by atoms with Crippen molar-refractivity contribution in [3.63, 3.8) is 0 Å². The summed E-state index contributed by atoms with van der Waals surface area (Å²) in [6.07, 6.45) is 5.09. The maximum absolute atomic E-state index is 11.9. The number of likely N-dealkylation sites (N-methyl/N-ethyl adjacent to an activating group) is 1. The second-order valence-electron chi connectivity index (χ2n) is 5.94. The molecule has 1 aromatic carbocycles. The number of sulfone groups is 1. The lowest BCUT2D eigenvalue weighted by atomic mass is 10.1. The molecular weight excluding hydrogens is 286 g/mol. The predicted octanol–water partition coefficient (Wildman–Crippen LogP) is 2.14. The Kier molecular flexibility index (Phi) is 5.27. The van der Waals surface area contributed by atoms with Gasteiger partial charge in [-0.05, 0) is 44.0 Å². The second-order valence-corrected chi connectivity index (χ2v) is 8.21. The Morgan fingerprint density at radius 1 is 1.24 bits per heavy atom. The maximum Gasteiger partial charge on any atom is 0.151 e. The van der Waals surface area contributed by atoms with Crippen LogP contribution in [0.2, 0.25) is 0 Å². The summed E-state index contributed by atoms with van der Waals surface area (Å²) in [5, 5.41) is -0.196. The molecule has 0 amide bonds. The summed E-state index contributed by atoms with van der Waals surface area (Å²) in [4.78, 5) is 2.21. The zero-order valence-corrected chi connectivity index (χ0v) is 13.9. The lowest BCUT2D eigenvalue weighted by Gasteiger charge is -2.28. The van der Waals surface area contributed by atoms with Crippen LogP contribution in [-0.4, -0.2) is 51.6 Å². The molecular formula is C16H25NO3S. The van der Waals surface area contributed by atoms with Gasteiger partial charge in [-0.25, -0.2) is 8.42 Å². The van der Waals surface area contributed by atoms with Crippen molar-refractivity contribution in [1.29, 1.82) is 0 Å². The monoisotopic (exact) mass is 311 g/mol. The van der Waals surface area contributed by atoms with E-state index in [1.165, 1.54) is 11.8 Å². The van der Waals surface area contributed by atoms with Crippen LogP contribution in [0.5, 0.6) is 5.75 Å². The van der Waals surface area contributed by atoms with Crippen molar-refractivity contribution in [3.05, 3.63) is 29.8 Å². The fourth-order valence-electron chi connectivity index (χ4n) is 3.17. The molecule has 0 aromatic heterocycles. The number of ether oxygens (including phenoxy) is 1. The zero-order chi connectivity index (χ0) is 15.5. The van der Waals surface area contributed by atoms with Crippen molar-refractivity contribution < 1.29 is 13.2 Å². The van der Waals surface area contributed by atoms with Crippen molar-refractivity contribution in [1.82, 2.24) is 4.90 Å². The number of hydrogen-bond acceptors (Lipinski definition) is 4. The summed E-state index contributed by atoms with van der Waals surface area (Å²) >= 11 is 0. The number of hydrogen-bond donors (Lipinski definition) is 0. The number of rotatable bonds is 6. The minimum absolute atomic E-state index is 0.165. The first-order valence-electron chi connectivity index (χ1n) is 7.44. The van der Waals surface area contributed by atoms with E-state index in [4.69, 9.17) is 4.74 Å². The van der Waals surface area contributed by atoms with Crippen molar-refractivity contribution in [3.8, 4) is 5.75 Å². The molecule has 1 fully saturated rings. The van der Waals surface area contributed by atoms with Gasteiger partial charge >= 0.3 is 0 Å². The number of methoxy groups -OCH3 is 1. The normalized spacial score (nSPS) is 22.7. The minimum atomic E-state index is -2.95. The smallest absolute Gasteiger partial charge is 0.151 e. The van der Waals surface area contributed by atoms with Gasteiger partial charge in [0, 0.05) is 18.8 Å². The third-order valence-corrected chi connectivity index (χ3v) is 6.10. The molecule has 0 unspecified atom stereocenters. The average Bonchev–Trinajstić information content (AvgIpc) is 2.95. The highest BCUT2D eigenvalue weighted by Gasteiger charge is 2.36. The van der Waals surface area contributed by atoms with Crippen LogP contribution in [-0.2, 0) is 16.3 Å². The van der Waals surface area contributed by atoms with E-state index < -0.39 is 9.84 Å². The van der Waals surface area contributed by atoms with E-state index in [1.54, 1.807) is 7.11 Å². The van der Waals surface area contributed by atoms with Gasteiger partial charge in [0.1, 0.15) is 5.75 Å². The van der Waals surface area contributed by atoms with Gasteiger partial charge in [0.2, 0.25) is 0 Å². The maximum atomic E-state index is 11.9. The van der Waals surface area contributed by atoms with Crippen LogP contribution in [0.25, 0.3) is 0 Å². The van der Waals surface area contributed by atoms with Crippen molar-refractivity contribution >= 4 is 9.84 Å². The Labute approximate surface area is 128 Å². The molecule has 4 nitrogen and oxygen atoms in total. The van der Waals surface area contributed by atoms with Gasteiger partial charge in [0.05, 0.1) is 12.4 Å². The molecule has 21 heavy (non-hydrogen) atoms. The van der Waals surface area contributed by atoms with Crippen molar-refractivity contribution in [2.45, 2.75) is 37.0 Å². The molecule has 0 heterocycles. The molecule has 118 valence electrons. The summed E-state index contributed by atoms with van der Waals surface area (Å²) in [6, 6.07) is 8.22. The molecule has 2 rings (SSSR count).